The van der Waals surface area contributed by atoms with Gasteiger partial charge in [-0.15, -0.1) is 0 Å². The third-order valence-corrected chi connectivity index (χ3v) is 3.38. The Kier molecular flexibility index (Phi) is 4.12. The third kappa shape index (κ3) is 3.48. The number of nitrogen functional groups attached to an aromatic ring is 1. The monoisotopic (exact) mass is 285 g/mol. The molecule has 21 heavy (non-hydrogen) atoms. The molecule has 0 radical (unpaired) electrons. The van der Waals surface area contributed by atoms with Crippen molar-refractivity contribution in [3.63, 3.8) is 0 Å². The van der Waals surface area contributed by atoms with Gasteiger partial charge in [-0.1, -0.05) is 26.8 Å². The van der Waals surface area contributed by atoms with Crippen LogP contribution < -0.4 is 15.2 Å². The van der Waals surface area contributed by atoms with E-state index in [0.29, 0.717) is 11.4 Å². The first-order valence-corrected chi connectivity index (χ1v) is 7.04. The van der Waals surface area contributed by atoms with Crippen molar-refractivity contribution < 1.29 is 9.47 Å². The Morgan fingerprint density at radius 1 is 0.952 bits per heavy atom. The van der Waals surface area contributed by atoms with Crippen LogP contribution in [0.1, 0.15) is 31.9 Å². The Morgan fingerprint density at radius 2 is 1.67 bits per heavy atom. The zero-order valence-electron chi connectivity index (χ0n) is 13.4. The van der Waals surface area contributed by atoms with Crippen LogP contribution in [-0.4, -0.2) is 7.11 Å². The molecule has 0 fully saturated rings. The summed E-state index contributed by atoms with van der Waals surface area (Å²) in [6, 6.07) is 11.6. The first-order valence-electron chi connectivity index (χ1n) is 7.04. The fraction of sp³-hybridized carbons (Fsp3) is 0.333. The van der Waals surface area contributed by atoms with Crippen molar-refractivity contribution >= 4 is 5.69 Å². The fourth-order valence-corrected chi connectivity index (χ4v) is 2.16. The van der Waals surface area contributed by atoms with Gasteiger partial charge in [0.15, 0.2) is 5.75 Å². The Balaban J connectivity index is 2.46. The summed E-state index contributed by atoms with van der Waals surface area (Å²) in [6.07, 6.45) is 0. The molecule has 0 spiro atoms. The molecule has 2 aromatic carbocycles. The van der Waals surface area contributed by atoms with Crippen LogP contribution in [0, 0.1) is 6.92 Å². The van der Waals surface area contributed by atoms with Gasteiger partial charge in [-0.2, -0.15) is 0 Å². The van der Waals surface area contributed by atoms with Gasteiger partial charge in [0.1, 0.15) is 11.5 Å². The van der Waals surface area contributed by atoms with E-state index in [1.54, 1.807) is 7.11 Å². The molecule has 0 atom stereocenters. The van der Waals surface area contributed by atoms with E-state index in [0.717, 1.165) is 22.6 Å². The maximum atomic E-state index is 6.07. The van der Waals surface area contributed by atoms with E-state index in [-0.39, 0.29) is 5.41 Å². The second kappa shape index (κ2) is 5.68. The molecule has 2 rings (SSSR count). The summed E-state index contributed by atoms with van der Waals surface area (Å²) < 4.78 is 11.4. The molecule has 0 heterocycles. The van der Waals surface area contributed by atoms with Gasteiger partial charge in [-0.3, -0.25) is 0 Å². The molecule has 0 saturated heterocycles. The number of nitrogens with two attached hydrogens (primary N) is 1. The van der Waals surface area contributed by atoms with Crippen LogP contribution in [0.15, 0.2) is 36.4 Å². The van der Waals surface area contributed by atoms with Gasteiger partial charge < -0.3 is 15.2 Å². The maximum absolute atomic E-state index is 6.07. The number of ether oxygens (including phenoxy) is 2. The van der Waals surface area contributed by atoms with E-state index in [2.05, 4.69) is 20.8 Å². The van der Waals surface area contributed by atoms with Crippen molar-refractivity contribution in [3.8, 4) is 17.2 Å². The Labute approximate surface area is 126 Å². The average molecular weight is 285 g/mol. The SMILES string of the molecule is COc1ccc(Oc2cc(C)ccc2N)c(C(C)(C)C)c1. The highest BCUT2D eigenvalue weighted by atomic mass is 16.5. The first-order chi connectivity index (χ1) is 9.81. The number of rotatable bonds is 3. The summed E-state index contributed by atoms with van der Waals surface area (Å²) in [5.41, 5.74) is 8.79. The molecule has 0 amide bonds. The van der Waals surface area contributed by atoms with Crippen molar-refractivity contribution in [3.05, 3.63) is 47.5 Å². The molecule has 0 aliphatic heterocycles. The van der Waals surface area contributed by atoms with Gasteiger partial charge in [-0.05, 0) is 48.2 Å². The standard InChI is InChI=1S/C18H23NO2/c1-12-6-8-15(19)17(10-12)21-16-9-7-13(20-5)11-14(16)18(2,3)4/h6-11H,19H2,1-5H3. The maximum Gasteiger partial charge on any atom is 0.150 e. The van der Waals surface area contributed by atoms with E-state index in [9.17, 15) is 0 Å². The van der Waals surface area contributed by atoms with Gasteiger partial charge >= 0.3 is 0 Å². The molecular weight excluding hydrogens is 262 g/mol. The van der Waals surface area contributed by atoms with E-state index in [1.807, 2.05) is 43.3 Å². The third-order valence-electron chi connectivity index (χ3n) is 3.38. The molecule has 0 bridgehead atoms. The lowest BCUT2D eigenvalue weighted by Gasteiger charge is -2.23. The van der Waals surface area contributed by atoms with Crippen molar-refractivity contribution in [2.45, 2.75) is 33.1 Å². The summed E-state index contributed by atoms with van der Waals surface area (Å²) >= 11 is 0. The molecule has 112 valence electrons. The van der Waals surface area contributed by atoms with Crippen LogP contribution in [-0.2, 0) is 5.41 Å². The van der Waals surface area contributed by atoms with Gasteiger partial charge in [0, 0.05) is 5.56 Å². The molecule has 2 N–H and O–H groups in total. The Morgan fingerprint density at radius 3 is 2.29 bits per heavy atom. The van der Waals surface area contributed by atoms with Gasteiger partial charge in [-0.25, -0.2) is 0 Å². The molecule has 0 aliphatic rings. The second-order valence-electron chi connectivity index (χ2n) is 6.26. The fourth-order valence-electron chi connectivity index (χ4n) is 2.16. The van der Waals surface area contributed by atoms with Crippen LogP contribution >= 0.6 is 0 Å². The quantitative estimate of drug-likeness (QED) is 0.833. The number of methoxy groups -OCH3 is 1. The zero-order chi connectivity index (χ0) is 15.6. The second-order valence-corrected chi connectivity index (χ2v) is 6.26. The summed E-state index contributed by atoms with van der Waals surface area (Å²) in [5.74, 6) is 2.32. The molecule has 3 heteroatoms. The lowest BCUT2D eigenvalue weighted by atomic mass is 9.86. The molecule has 0 aromatic heterocycles. The molecule has 0 aliphatic carbocycles. The lowest BCUT2D eigenvalue weighted by molar-refractivity contribution is 0.407. The molecular formula is C18H23NO2. The topological polar surface area (TPSA) is 44.5 Å². The minimum absolute atomic E-state index is 0.0531. The molecule has 0 saturated carbocycles. The zero-order valence-corrected chi connectivity index (χ0v) is 13.4. The normalized spacial score (nSPS) is 11.3. The van der Waals surface area contributed by atoms with Gasteiger partial charge in [0.25, 0.3) is 0 Å². The van der Waals surface area contributed by atoms with Crippen LogP contribution in [0.2, 0.25) is 0 Å². The average Bonchev–Trinajstić information content (AvgIpc) is 2.42. The smallest absolute Gasteiger partial charge is 0.150 e. The van der Waals surface area contributed by atoms with Crippen molar-refractivity contribution in [1.82, 2.24) is 0 Å². The summed E-state index contributed by atoms with van der Waals surface area (Å²) in [5, 5.41) is 0. The van der Waals surface area contributed by atoms with E-state index >= 15 is 0 Å². The minimum atomic E-state index is -0.0531. The van der Waals surface area contributed by atoms with E-state index in [1.165, 1.54) is 0 Å². The van der Waals surface area contributed by atoms with Crippen LogP contribution in [0.4, 0.5) is 5.69 Å². The van der Waals surface area contributed by atoms with Gasteiger partial charge in [0.05, 0.1) is 12.8 Å². The van der Waals surface area contributed by atoms with Crippen molar-refractivity contribution in [2.75, 3.05) is 12.8 Å². The Hall–Kier alpha value is -2.16. The summed E-state index contributed by atoms with van der Waals surface area (Å²) in [4.78, 5) is 0. The van der Waals surface area contributed by atoms with Crippen LogP contribution in [0.3, 0.4) is 0 Å². The van der Waals surface area contributed by atoms with E-state index < -0.39 is 0 Å². The van der Waals surface area contributed by atoms with E-state index in [4.69, 9.17) is 15.2 Å². The van der Waals surface area contributed by atoms with Gasteiger partial charge in [0.2, 0.25) is 0 Å². The minimum Gasteiger partial charge on any atom is -0.497 e. The Bertz CT molecular complexity index is 642. The highest BCUT2D eigenvalue weighted by Crippen LogP contribution is 2.38. The largest absolute Gasteiger partial charge is 0.497 e. The predicted octanol–water partition coefficient (Wildman–Crippen LogP) is 4.68. The highest BCUT2D eigenvalue weighted by Gasteiger charge is 2.20. The summed E-state index contributed by atoms with van der Waals surface area (Å²) in [6.45, 7) is 8.46. The molecule has 0 unspecified atom stereocenters. The molecule has 3 nitrogen and oxygen atoms in total. The summed E-state index contributed by atoms with van der Waals surface area (Å²) in [7, 11) is 1.67. The number of benzene rings is 2. The van der Waals surface area contributed by atoms with Crippen LogP contribution in [0.5, 0.6) is 17.2 Å². The van der Waals surface area contributed by atoms with Crippen molar-refractivity contribution in [2.24, 2.45) is 0 Å². The highest BCUT2D eigenvalue weighted by molar-refractivity contribution is 5.56. The van der Waals surface area contributed by atoms with Crippen molar-refractivity contribution in [1.29, 1.82) is 0 Å². The number of hydrogen-bond donors (Lipinski definition) is 1. The number of aryl methyl sites for hydroxylation is 1. The number of anilines is 1. The predicted molar refractivity (Wildman–Crippen MR) is 87.4 cm³/mol. The number of hydrogen-bond acceptors (Lipinski definition) is 3. The lowest BCUT2D eigenvalue weighted by Crippen LogP contribution is -2.13. The first kappa shape index (κ1) is 15.2. The van der Waals surface area contributed by atoms with Crippen LogP contribution in [0.25, 0.3) is 0 Å². The molecule has 2 aromatic rings.